The van der Waals surface area contributed by atoms with Gasteiger partial charge in [-0.2, -0.15) is 4.52 Å². The van der Waals surface area contributed by atoms with Gasteiger partial charge in [0.25, 0.3) is 5.82 Å². The summed E-state index contributed by atoms with van der Waals surface area (Å²) < 4.78 is 30.7. The Morgan fingerprint density at radius 1 is 1.33 bits per heavy atom. The van der Waals surface area contributed by atoms with E-state index in [-0.39, 0.29) is 23.0 Å². The van der Waals surface area contributed by atoms with Gasteiger partial charge >= 0.3 is 11.7 Å². The predicted octanol–water partition coefficient (Wildman–Crippen LogP) is 0.161. The maximum absolute atomic E-state index is 12.4. The Morgan fingerprint density at radius 2 is 2.04 bits per heavy atom. The minimum Gasteiger partial charge on any atom is -0.460 e. The van der Waals surface area contributed by atoms with Gasteiger partial charge in [-0.15, -0.1) is 5.10 Å². The number of nitrogens with zero attached hydrogens (tertiary/aromatic N) is 4. The molecule has 1 aromatic carbocycles. The number of hydrogen-bond donors (Lipinski definition) is 0. The van der Waals surface area contributed by atoms with Crippen LogP contribution >= 0.6 is 0 Å². The first-order chi connectivity index (χ1) is 11.2. The van der Waals surface area contributed by atoms with Crippen LogP contribution < -0.4 is 5.69 Å². The minimum absolute atomic E-state index is 0.0798. The van der Waals surface area contributed by atoms with Crippen LogP contribution in [-0.2, 0) is 21.6 Å². The molecule has 10 heteroatoms. The number of carbonyl (C=O) groups is 1. The zero-order valence-corrected chi connectivity index (χ0v) is 14.0. The third-order valence-electron chi connectivity index (χ3n) is 3.53. The van der Waals surface area contributed by atoms with Crippen LogP contribution in [0, 0.1) is 0 Å². The van der Waals surface area contributed by atoms with Crippen molar-refractivity contribution < 1.29 is 17.9 Å². The Hall–Kier alpha value is -2.75. The Kier molecular flexibility index (Phi) is 3.63. The fourth-order valence-corrected chi connectivity index (χ4v) is 3.01. The van der Waals surface area contributed by atoms with Crippen molar-refractivity contribution in [3.8, 4) is 0 Å². The molecule has 0 atom stereocenters. The summed E-state index contributed by atoms with van der Waals surface area (Å²) in [6.07, 6.45) is 1.08. The molecular weight excluding hydrogens is 336 g/mol. The van der Waals surface area contributed by atoms with E-state index in [1.54, 1.807) is 6.92 Å². The van der Waals surface area contributed by atoms with Gasteiger partial charge in [-0.1, -0.05) is 0 Å². The van der Waals surface area contributed by atoms with Crippen LogP contribution in [0.1, 0.15) is 17.5 Å². The van der Waals surface area contributed by atoms with E-state index in [1.165, 1.54) is 29.8 Å². The Bertz CT molecular complexity index is 1140. The van der Waals surface area contributed by atoms with Crippen LogP contribution in [0.4, 0.5) is 0 Å². The lowest BCUT2D eigenvalue weighted by molar-refractivity contribution is 0.0512. The molecule has 0 N–H and O–H groups in total. The van der Waals surface area contributed by atoms with E-state index in [0.717, 1.165) is 10.8 Å². The van der Waals surface area contributed by atoms with E-state index in [4.69, 9.17) is 4.74 Å². The molecule has 0 radical (unpaired) electrons. The summed E-state index contributed by atoms with van der Waals surface area (Å²) >= 11 is 0. The number of esters is 1. The molecule has 0 bridgehead atoms. The molecule has 0 amide bonds. The van der Waals surface area contributed by atoms with Gasteiger partial charge in [0, 0.05) is 18.7 Å². The van der Waals surface area contributed by atoms with E-state index in [1.807, 2.05) is 0 Å². The van der Waals surface area contributed by atoms with Crippen molar-refractivity contribution in [1.82, 2.24) is 19.2 Å². The number of rotatable bonds is 3. The molecule has 126 valence electrons. The number of carbonyl (C=O) groups excluding carboxylic acids is 1. The second-order valence-electron chi connectivity index (χ2n) is 5.18. The smallest absolute Gasteiger partial charge is 0.378 e. The zero-order valence-electron chi connectivity index (χ0n) is 13.2. The molecule has 0 fully saturated rings. The molecule has 9 nitrogen and oxygen atoms in total. The maximum Gasteiger partial charge on any atom is 0.378 e. The second kappa shape index (κ2) is 5.41. The lowest BCUT2D eigenvalue weighted by atomic mass is 10.2. The van der Waals surface area contributed by atoms with Crippen molar-refractivity contribution in [3.05, 3.63) is 34.5 Å². The number of aromatic nitrogens is 4. The molecule has 0 saturated carbocycles. The number of hydrogen-bond acceptors (Lipinski definition) is 7. The van der Waals surface area contributed by atoms with Gasteiger partial charge in [-0.25, -0.2) is 23.0 Å². The lowest BCUT2D eigenvalue weighted by Gasteiger charge is -2.07. The predicted molar refractivity (Wildman–Crippen MR) is 84.8 cm³/mol. The van der Waals surface area contributed by atoms with E-state index < -0.39 is 21.5 Å². The van der Waals surface area contributed by atoms with Gasteiger partial charge in [0.15, 0.2) is 15.5 Å². The molecular formula is C14H14N4O5S. The molecule has 0 aliphatic rings. The van der Waals surface area contributed by atoms with Crippen molar-refractivity contribution in [2.45, 2.75) is 11.8 Å². The highest BCUT2D eigenvalue weighted by molar-refractivity contribution is 7.90. The summed E-state index contributed by atoms with van der Waals surface area (Å²) in [4.78, 5) is 28.3. The van der Waals surface area contributed by atoms with Gasteiger partial charge in [-0.05, 0) is 25.1 Å². The summed E-state index contributed by atoms with van der Waals surface area (Å²) in [5.41, 5.74) is 0.0667. The fraction of sp³-hybridized carbons (Fsp3) is 0.286. The molecule has 0 aliphatic carbocycles. The van der Waals surface area contributed by atoms with Crippen molar-refractivity contribution in [2.75, 3.05) is 12.9 Å². The first kappa shape index (κ1) is 16.1. The van der Waals surface area contributed by atoms with Gasteiger partial charge in [-0.3, -0.25) is 4.57 Å². The van der Waals surface area contributed by atoms with Crippen LogP contribution in [0.3, 0.4) is 0 Å². The third-order valence-corrected chi connectivity index (χ3v) is 4.64. The van der Waals surface area contributed by atoms with Gasteiger partial charge in [0.2, 0.25) is 0 Å². The van der Waals surface area contributed by atoms with Crippen LogP contribution in [0.15, 0.2) is 27.9 Å². The molecule has 24 heavy (non-hydrogen) atoms. The quantitative estimate of drug-likeness (QED) is 0.618. The van der Waals surface area contributed by atoms with Crippen LogP contribution in [0.5, 0.6) is 0 Å². The molecule has 0 unspecified atom stereocenters. The molecule has 2 aromatic heterocycles. The maximum atomic E-state index is 12.4. The van der Waals surface area contributed by atoms with Crippen LogP contribution in [-0.4, -0.2) is 46.4 Å². The summed E-state index contributed by atoms with van der Waals surface area (Å²) in [5.74, 6) is -1.01. The molecule has 3 aromatic rings. The highest BCUT2D eigenvalue weighted by Crippen LogP contribution is 2.21. The fourth-order valence-electron chi connectivity index (χ4n) is 2.36. The molecule has 0 spiro atoms. The van der Waals surface area contributed by atoms with Crippen molar-refractivity contribution in [3.63, 3.8) is 0 Å². The van der Waals surface area contributed by atoms with Gasteiger partial charge < -0.3 is 4.74 Å². The summed E-state index contributed by atoms with van der Waals surface area (Å²) in [6, 6.07) is 4.34. The monoisotopic (exact) mass is 350 g/mol. The highest BCUT2D eigenvalue weighted by Gasteiger charge is 2.19. The van der Waals surface area contributed by atoms with Gasteiger partial charge in [0.05, 0.1) is 17.0 Å². The highest BCUT2D eigenvalue weighted by atomic mass is 32.2. The Balaban J connectivity index is 2.42. The normalized spacial score (nSPS) is 12.0. The minimum atomic E-state index is -3.44. The van der Waals surface area contributed by atoms with Crippen molar-refractivity contribution in [2.24, 2.45) is 7.05 Å². The average molecular weight is 350 g/mol. The first-order valence-corrected chi connectivity index (χ1v) is 8.90. The Labute approximate surface area is 136 Å². The lowest BCUT2D eigenvalue weighted by Crippen LogP contribution is -2.25. The van der Waals surface area contributed by atoms with E-state index >= 15 is 0 Å². The first-order valence-electron chi connectivity index (χ1n) is 7.00. The molecule has 2 heterocycles. The molecule has 3 rings (SSSR count). The third kappa shape index (κ3) is 2.44. The number of fused-ring (bicyclic) bond motifs is 3. The van der Waals surface area contributed by atoms with Gasteiger partial charge in [0.1, 0.15) is 0 Å². The Morgan fingerprint density at radius 3 is 2.67 bits per heavy atom. The second-order valence-corrected chi connectivity index (χ2v) is 7.20. The van der Waals surface area contributed by atoms with Crippen LogP contribution in [0.25, 0.3) is 16.6 Å². The topological polar surface area (TPSA) is 113 Å². The number of benzene rings is 1. The van der Waals surface area contributed by atoms with E-state index in [9.17, 15) is 18.0 Å². The summed E-state index contributed by atoms with van der Waals surface area (Å²) in [7, 11) is -1.92. The summed E-state index contributed by atoms with van der Waals surface area (Å²) in [5, 5.41) is 4.27. The average Bonchev–Trinajstić information content (AvgIpc) is 2.97. The zero-order chi connectivity index (χ0) is 17.6. The van der Waals surface area contributed by atoms with Crippen molar-refractivity contribution >= 4 is 32.4 Å². The standard InChI is InChI=1S/C14H14N4O5S/c1-4-23-13(19)11-15-12-9-7-8(24(3,21)22)5-6-10(9)17(2)14(20)18(12)16-11/h5-7H,4H2,1-3H3. The number of aryl methyl sites for hydroxylation is 1. The number of ether oxygens (including phenoxy) is 1. The molecule has 0 saturated heterocycles. The molecule has 0 aliphatic heterocycles. The largest absolute Gasteiger partial charge is 0.460 e. The van der Waals surface area contributed by atoms with E-state index in [0.29, 0.717) is 10.9 Å². The van der Waals surface area contributed by atoms with Crippen LogP contribution in [0.2, 0.25) is 0 Å². The SMILES string of the molecule is CCOC(=O)c1nc2c3cc(S(C)(=O)=O)ccc3n(C)c(=O)n2n1. The number of sulfone groups is 1. The van der Waals surface area contributed by atoms with E-state index in [2.05, 4.69) is 10.1 Å². The van der Waals surface area contributed by atoms with Crippen molar-refractivity contribution in [1.29, 1.82) is 0 Å². The summed E-state index contributed by atoms with van der Waals surface area (Å²) in [6.45, 7) is 1.78.